The Hall–Kier alpha value is -1.43. The minimum absolute atomic E-state index is 0.0696. The minimum Gasteiger partial charge on any atom is -0.480 e. The molecule has 3 atom stereocenters. The van der Waals surface area contributed by atoms with Gasteiger partial charge in [0.2, 0.25) is 11.8 Å². The lowest BCUT2D eigenvalue weighted by Gasteiger charge is -2.17. The molecular weight excluding hydrogens is 236 g/mol. The van der Waals surface area contributed by atoms with E-state index in [4.69, 9.17) is 14.3 Å². The summed E-state index contributed by atoms with van der Waals surface area (Å²) in [6, 6.07) is 0. The molecule has 0 aromatic carbocycles. The average Bonchev–Trinajstić information content (AvgIpc) is 3.03. The fourth-order valence-corrected chi connectivity index (χ4v) is 3.25. The third-order valence-corrected chi connectivity index (χ3v) is 3.99. The number of hydrogen-bond donors (Lipinski definition) is 1. The number of fused-ring (bicyclic) bond motifs is 2. The van der Waals surface area contributed by atoms with Crippen LogP contribution in [0.4, 0.5) is 0 Å². The summed E-state index contributed by atoms with van der Waals surface area (Å²) in [6.07, 6.45) is 5.05. The maximum absolute atomic E-state index is 10.3. The summed E-state index contributed by atoms with van der Waals surface area (Å²) in [4.78, 5) is 10.3. The highest BCUT2D eigenvalue weighted by Gasteiger charge is 2.42. The van der Waals surface area contributed by atoms with E-state index in [0.717, 1.165) is 12.3 Å². The van der Waals surface area contributed by atoms with E-state index in [-0.39, 0.29) is 13.2 Å². The highest BCUT2D eigenvalue weighted by atomic mass is 16.5. The molecule has 1 heterocycles. The van der Waals surface area contributed by atoms with Gasteiger partial charge >= 0.3 is 5.97 Å². The predicted octanol–water partition coefficient (Wildman–Crippen LogP) is 1.57. The number of carboxylic acid groups (broad SMARTS) is 1. The summed E-state index contributed by atoms with van der Waals surface area (Å²) in [5, 5.41) is 16.4. The first-order valence-corrected chi connectivity index (χ1v) is 6.34. The maximum atomic E-state index is 10.3. The Morgan fingerprint density at radius 2 is 2.28 bits per heavy atom. The van der Waals surface area contributed by atoms with Crippen LogP contribution in [-0.2, 0) is 16.1 Å². The van der Waals surface area contributed by atoms with Gasteiger partial charge in [0.05, 0.1) is 0 Å². The average molecular weight is 252 g/mol. The smallest absolute Gasteiger partial charge is 0.329 e. The molecule has 6 nitrogen and oxygen atoms in total. The molecule has 2 aliphatic carbocycles. The van der Waals surface area contributed by atoms with Gasteiger partial charge in [-0.25, -0.2) is 4.79 Å². The number of ether oxygens (including phenoxy) is 1. The van der Waals surface area contributed by atoms with E-state index >= 15 is 0 Å². The SMILES string of the molecule is O=C(O)COCc1nnc(C2CC3CCC2C3)o1. The molecule has 3 rings (SSSR count). The van der Waals surface area contributed by atoms with Gasteiger partial charge in [0, 0.05) is 5.92 Å². The predicted molar refractivity (Wildman–Crippen MR) is 59.8 cm³/mol. The lowest BCUT2D eigenvalue weighted by atomic mass is 9.89. The molecular formula is C12H16N2O4. The summed E-state index contributed by atoms with van der Waals surface area (Å²) in [6.45, 7) is -0.272. The highest BCUT2D eigenvalue weighted by Crippen LogP contribution is 2.52. The van der Waals surface area contributed by atoms with Crippen LogP contribution in [0.2, 0.25) is 0 Å². The normalized spacial score (nSPS) is 29.9. The molecule has 2 aliphatic rings. The molecule has 1 aromatic heterocycles. The van der Waals surface area contributed by atoms with Crippen LogP contribution in [0.1, 0.15) is 43.4 Å². The van der Waals surface area contributed by atoms with Crippen molar-refractivity contribution in [1.82, 2.24) is 10.2 Å². The van der Waals surface area contributed by atoms with Crippen molar-refractivity contribution in [3.8, 4) is 0 Å². The number of carbonyl (C=O) groups is 1. The molecule has 2 saturated carbocycles. The Bertz CT molecular complexity index is 445. The first-order chi connectivity index (χ1) is 8.72. The van der Waals surface area contributed by atoms with Crippen LogP contribution >= 0.6 is 0 Å². The molecule has 0 saturated heterocycles. The Labute approximate surface area is 104 Å². The van der Waals surface area contributed by atoms with E-state index in [2.05, 4.69) is 10.2 Å². The Balaban J connectivity index is 1.58. The van der Waals surface area contributed by atoms with Crippen molar-refractivity contribution in [3.63, 3.8) is 0 Å². The van der Waals surface area contributed by atoms with Crippen LogP contribution in [0, 0.1) is 11.8 Å². The highest BCUT2D eigenvalue weighted by molar-refractivity contribution is 5.67. The minimum atomic E-state index is -0.997. The van der Waals surface area contributed by atoms with Crippen LogP contribution in [0.25, 0.3) is 0 Å². The van der Waals surface area contributed by atoms with Gasteiger partial charge in [0.25, 0.3) is 0 Å². The molecule has 1 N–H and O–H groups in total. The van der Waals surface area contributed by atoms with Crippen LogP contribution in [0.15, 0.2) is 4.42 Å². The standard InChI is InChI=1S/C12H16N2O4/c15-11(16)6-17-5-10-13-14-12(18-10)9-4-7-1-2-8(9)3-7/h7-9H,1-6H2,(H,15,16). The summed E-state index contributed by atoms with van der Waals surface area (Å²) < 4.78 is 10.5. The van der Waals surface area contributed by atoms with E-state index in [1.165, 1.54) is 19.3 Å². The first-order valence-electron chi connectivity index (χ1n) is 6.34. The number of rotatable bonds is 5. The molecule has 2 fully saturated rings. The van der Waals surface area contributed by atoms with Gasteiger partial charge in [-0.3, -0.25) is 0 Å². The molecule has 0 aliphatic heterocycles. The van der Waals surface area contributed by atoms with Crippen molar-refractivity contribution >= 4 is 5.97 Å². The summed E-state index contributed by atoms with van der Waals surface area (Å²) in [5.74, 6) is 2.01. The second-order valence-electron chi connectivity index (χ2n) is 5.20. The summed E-state index contributed by atoms with van der Waals surface area (Å²) in [7, 11) is 0. The second kappa shape index (κ2) is 4.68. The molecule has 0 amide bonds. The van der Waals surface area contributed by atoms with Crippen molar-refractivity contribution in [1.29, 1.82) is 0 Å². The van der Waals surface area contributed by atoms with Gasteiger partial charge in [0.1, 0.15) is 13.2 Å². The van der Waals surface area contributed by atoms with Gasteiger partial charge in [-0.2, -0.15) is 0 Å². The number of aliphatic carboxylic acids is 1. The van der Waals surface area contributed by atoms with E-state index in [1.54, 1.807) is 0 Å². The molecule has 18 heavy (non-hydrogen) atoms. The van der Waals surface area contributed by atoms with Gasteiger partial charge in [-0.1, -0.05) is 6.42 Å². The van der Waals surface area contributed by atoms with Gasteiger partial charge in [-0.15, -0.1) is 10.2 Å². The molecule has 3 unspecified atom stereocenters. The van der Waals surface area contributed by atoms with Crippen LogP contribution in [0.5, 0.6) is 0 Å². The van der Waals surface area contributed by atoms with Crippen molar-refractivity contribution in [2.45, 2.75) is 38.2 Å². The second-order valence-corrected chi connectivity index (χ2v) is 5.20. The van der Waals surface area contributed by atoms with E-state index in [9.17, 15) is 4.79 Å². The van der Waals surface area contributed by atoms with E-state index in [0.29, 0.717) is 23.6 Å². The quantitative estimate of drug-likeness (QED) is 0.856. The summed E-state index contributed by atoms with van der Waals surface area (Å²) >= 11 is 0. The molecule has 98 valence electrons. The zero-order valence-electron chi connectivity index (χ0n) is 10.0. The van der Waals surface area contributed by atoms with Gasteiger partial charge in [0.15, 0.2) is 0 Å². The Morgan fingerprint density at radius 1 is 1.39 bits per heavy atom. The molecule has 0 spiro atoms. The third kappa shape index (κ3) is 2.25. The third-order valence-electron chi connectivity index (χ3n) is 3.99. The zero-order valence-corrected chi connectivity index (χ0v) is 10.0. The van der Waals surface area contributed by atoms with Crippen LogP contribution < -0.4 is 0 Å². The fourth-order valence-electron chi connectivity index (χ4n) is 3.25. The van der Waals surface area contributed by atoms with E-state index in [1.807, 2.05) is 0 Å². The number of hydrogen-bond acceptors (Lipinski definition) is 5. The molecule has 2 bridgehead atoms. The first kappa shape index (κ1) is 11.6. The topological polar surface area (TPSA) is 85.5 Å². The molecule has 0 radical (unpaired) electrons. The fraction of sp³-hybridized carbons (Fsp3) is 0.750. The van der Waals surface area contributed by atoms with Crippen molar-refractivity contribution < 1.29 is 19.1 Å². The Kier molecular flexibility index (Phi) is 3.03. The lowest BCUT2D eigenvalue weighted by Crippen LogP contribution is -2.08. The zero-order chi connectivity index (χ0) is 12.5. The van der Waals surface area contributed by atoms with E-state index < -0.39 is 5.97 Å². The van der Waals surface area contributed by atoms with Crippen molar-refractivity contribution in [3.05, 3.63) is 11.8 Å². The number of aromatic nitrogens is 2. The number of nitrogens with zero attached hydrogens (tertiary/aromatic N) is 2. The summed E-state index contributed by atoms with van der Waals surface area (Å²) in [5.41, 5.74) is 0. The number of carboxylic acids is 1. The van der Waals surface area contributed by atoms with Gasteiger partial charge in [-0.05, 0) is 31.1 Å². The molecule has 6 heteroatoms. The maximum Gasteiger partial charge on any atom is 0.329 e. The molecule has 1 aromatic rings. The van der Waals surface area contributed by atoms with Crippen LogP contribution in [0.3, 0.4) is 0 Å². The van der Waals surface area contributed by atoms with Crippen molar-refractivity contribution in [2.24, 2.45) is 11.8 Å². The largest absolute Gasteiger partial charge is 0.480 e. The van der Waals surface area contributed by atoms with Crippen molar-refractivity contribution in [2.75, 3.05) is 6.61 Å². The van der Waals surface area contributed by atoms with Gasteiger partial charge < -0.3 is 14.3 Å². The van der Waals surface area contributed by atoms with Crippen LogP contribution in [-0.4, -0.2) is 27.9 Å². The lowest BCUT2D eigenvalue weighted by molar-refractivity contribution is -0.142. The monoisotopic (exact) mass is 252 g/mol. The Morgan fingerprint density at radius 3 is 2.94 bits per heavy atom.